The van der Waals surface area contributed by atoms with Crippen LogP contribution in [0.4, 0.5) is 15.5 Å². The molecule has 0 saturated carbocycles. The van der Waals surface area contributed by atoms with Crippen LogP contribution in [-0.4, -0.2) is 35.7 Å². The Labute approximate surface area is 195 Å². The van der Waals surface area contributed by atoms with Gasteiger partial charge in [-0.15, -0.1) is 11.3 Å². The number of fused-ring (bicyclic) bond motifs is 4. The predicted molar refractivity (Wildman–Crippen MR) is 129 cm³/mol. The molecule has 7 nitrogen and oxygen atoms in total. The molecule has 33 heavy (non-hydrogen) atoms. The molecule has 1 saturated heterocycles. The van der Waals surface area contributed by atoms with Gasteiger partial charge >= 0.3 is 6.03 Å². The van der Waals surface area contributed by atoms with E-state index in [2.05, 4.69) is 22.6 Å². The summed E-state index contributed by atoms with van der Waals surface area (Å²) in [5, 5.41) is 6.07. The highest BCUT2D eigenvalue weighted by Crippen LogP contribution is 2.49. The second-order valence-corrected chi connectivity index (χ2v) is 9.58. The smallest absolute Gasteiger partial charge is 0.324 e. The zero-order valence-electron chi connectivity index (χ0n) is 18.1. The minimum absolute atomic E-state index is 0.0823. The van der Waals surface area contributed by atoms with Crippen molar-refractivity contribution in [2.45, 2.75) is 31.3 Å². The van der Waals surface area contributed by atoms with Crippen molar-refractivity contribution in [1.29, 1.82) is 0 Å². The fourth-order valence-electron chi connectivity index (χ4n) is 4.87. The van der Waals surface area contributed by atoms with Gasteiger partial charge in [0, 0.05) is 33.8 Å². The number of likely N-dealkylation sites (N-methyl/N-ethyl adjacent to an activating group) is 1. The Morgan fingerprint density at radius 3 is 2.36 bits per heavy atom. The van der Waals surface area contributed by atoms with Gasteiger partial charge in [0.25, 0.3) is 5.91 Å². The van der Waals surface area contributed by atoms with Crippen molar-refractivity contribution in [1.82, 2.24) is 4.90 Å². The Morgan fingerprint density at radius 2 is 1.67 bits per heavy atom. The average molecular weight is 461 g/mol. The summed E-state index contributed by atoms with van der Waals surface area (Å²) in [6, 6.07) is 15.9. The fraction of sp³-hybridized carbons (Fsp3) is 0.240. The number of hydrogen-bond acceptors (Lipinski definition) is 5. The SMILES string of the molecule is CN1C2CC[C@@H]1Cc1sc(NC(=O)Nc3ccc(C(=O)c4ccccc4)cc3)c(C(N)=O)c12. The molecule has 0 aliphatic carbocycles. The molecule has 1 aromatic heterocycles. The number of rotatable bonds is 5. The molecule has 2 aromatic carbocycles. The van der Waals surface area contributed by atoms with Crippen molar-refractivity contribution in [2.24, 2.45) is 5.73 Å². The van der Waals surface area contributed by atoms with Gasteiger partial charge in [0.1, 0.15) is 5.00 Å². The number of thiophene rings is 1. The van der Waals surface area contributed by atoms with E-state index in [4.69, 9.17) is 5.73 Å². The van der Waals surface area contributed by atoms with Crippen LogP contribution >= 0.6 is 11.3 Å². The van der Waals surface area contributed by atoms with Crippen LogP contribution in [0.5, 0.6) is 0 Å². The number of ketones is 1. The maximum Gasteiger partial charge on any atom is 0.324 e. The van der Waals surface area contributed by atoms with Crippen molar-refractivity contribution in [3.8, 4) is 0 Å². The largest absolute Gasteiger partial charge is 0.365 e. The maximum atomic E-state index is 12.7. The van der Waals surface area contributed by atoms with Gasteiger partial charge in [-0.2, -0.15) is 0 Å². The first-order chi connectivity index (χ1) is 15.9. The molecule has 2 bridgehead atoms. The molecule has 2 aliphatic heterocycles. The number of nitrogens with zero attached hydrogens (tertiary/aromatic N) is 1. The Balaban J connectivity index is 1.31. The van der Waals surface area contributed by atoms with Crippen LogP contribution in [0.2, 0.25) is 0 Å². The predicted octanol–water partition coefficient (Wildman–Crippen LogP) is 4.41. The number of primary amides is 1. The van der Waals surface area contributed by atoms with Crippen molar-refractivity contribution in [3.05, 3.63) is 81.7 Å². The fourth-order valence-corrected chi connectivity index (χ4v) is 6.20. The molecule has 1 fully saturated rings. The average Bonchev–Trinajstić information content (AvgIpc) is 3.28. The molecule has 4 N–H and O–H groups in total. The lowest BCUT2D eigenvalue weighted by atomic mass is 9.97. The van der Waals surface area contributed by atoms with E-state index in [9.17, 15) is 14.4 Å². The third-order valence-corrected chi connectivity index (χ3v) is 7.67. The van der Waals surface area contributed by atoms with Crippen LogP contribution in [0.25, 0.3) is 0 Å². The van der Waals surface area contributed by atoms with Crippen molar-refractivity contribution in [3.63, 3.8) is 0 Å². The van der Waals surface area contributed by atoms with Crippen molar-refractivity contribution >= 4 is 39.7 Å². The third kappa shape index (κ3) is 3.92. The number of nitrogens with one attached hydrogen (secondary N) is 2. The minimum atomic E-state index is -0.523. The van der Waals surface area contributed by atoms with Gasteiger partial charge in [0.2, 0.25) is 0 Å². The van der Waals surface area contributed by atoms with Crippen LogP contribution < -0.4 is 16.4 Å². The van der Waals surface area contributed by atoms with Gasteiger partial charge < -0.3 is 11.1 Å². The number of nitrogens with two attached hydrogens (primary N) is 1. The topological polar surface area (TPSA) is 105 Å². The highest BCUT2D eigenvalue weighted by atomic mass is 32.1. The standard InChI is InChI=1S/C25H24N4O3S/c1-29-17-11-12-18(29)20-19(13-17)33-24(21(20)23(26)31)28-25(32)27-16-9-7-15(8-10-16)22(30)14-5-3-2-4-6-14/h2-10,17-18H,11-13H2,1H3,(H2,26,31)(H2,27,28,32)/t17-,18?/m1/s1. The van der Waals surface area contributed by atoms with E-state index in [1.165, 1.54) is 11.3 Å². The number of anilines is 2. The summed E-state index contributed by atoms with van der Waals surface area (Å²) in [5.74, 6) is -0.605. The van der Waals surface area contributed by atoms with Crippen molar-refractivity contribution in [2.75, 3.05) is 17.7 Å². The molecular weight excluding hydrogens is 436 g/mol. The molecule has 5 rings (SSSR count). The number of carbonyl (C=O) groups is 3. The highest BCUT2D eigenvalue weighted by Gasteiger charge is 2.42. The van der Waals surface area contributed by atoms with E-state index in [-0.39, 0.29) is 11.8 Å². The molecule has 168 valence electrons. The van der Waals surface area contributed by atoms with Gasteiger partial charge in [-0.1, -0.05) is 30.3 Å². The zero-order valence-corrected chi connectivity index (χ0v) is 18.9. The van der Waals surface area contributed by atoms with Gasteiger partial charge in [0.15, 0.2) is 5.78 Å². The number of urea groups is 1. The molecule has 8 heteroatoms. The second kappa shape index (κ2) is 8.46. The van der Waals surface area contributed by atoms with E-state index in [0.717, 1.165) is 29.7 Å². The van der Waals surface area contributed by atoms with E-state index in [1.54, 1.807) is 36.4 Å². The lowest BCUT2D eigenvalue weighted by Crippen LogP contribution is -2.34. The zero-order chi connectivity index (χ0) is 23.1. The third-order valence-electron chi connectivity index (χ3n) is 6.53. The molecular formula is C25H24N4O3S. The Kier molecular flexibility index (Phi) is 5.47. The monoisotopic (exact) mass is 460 g/mol. The van der Waals surface area contributed by atoms with Gasteiger partial charge in [-0.05, 0) is 56.1 Å². The van der Waals surface area contributed by atoms with Crippen LogP contribution in [0.15, 0.2) is 54.6 Å². The number of amides is 3. The lowest BCUT2D eigenvalue weighted by molar-refractivity contribution is 0.0996. The summed E-state index contributed by atoms with van der Waals surface area (Å²) in [7, 11) is 2.08. The second-order valence-electron chi connectivity index (χ2n) is 8.48. The number of carbonyl (C=O) groups excluding carboxylic acids is 3. The van der Waals surface area contributed by atoms with E-state index in [0.29, 0.717) is 33.4 Å². The molecule has 0 radical (unpaired) electrons. The summed E-state index contributed by atoms with van der Waals surface area (Å²) in [5.41, 5.74) is 8.81. The summed E-state index contributed by atoms with van der Waals surface area (Å²) in [4.78, 5) is 41.0. The van der Waals surface area contributed by atoms with Gasteiger partial charge in [0.05, 0.1) is 5.56 Å². The highest BCUT2D eigenvalue weighted by molar-refractivity contribution is 7.17. The summed E-state index contributed by atoms with van der Waals surface area (Å²) in [6.07, 6.45) is 2.96. The molecule has 3 aromatic rings. The van der Waals surface area contributed by atoms with Crippen LogP contribution in [-0.2, 0) is 6.42 Å². The van der Waals surface area contributed by atoms with E-state index >= 15 is 0 Å². The van der Waals surface area contributed by atoms with Crippen LogP contribution in [0.1, 0.15) is 55.6 Å². The van der Waals surface area contributed by atoms with Gasteiger partial charge in [-0.3, -0.25) is 19.8 Å². The minimum Gasteiger partial charge on any atom is -0.365 e. The first-order valence-corrected chi connectivity index (χ1v) is 11.7. The normalized spacial score (nSPS) is 19.1. The lowest BCUT2D eigenvalue weighted by Gasteiger charge is -2.31. The molecule has 0 spiro atoms. The van der Waals surface area contributed by atoms with Crippen LogP contribution in [0.3, 0.4) is 0 Å². The van der Waals surface area contributed by atoms with Crippen LogP contribution in [0, 0.1) is 0 Å². The summed E-state index contributed by atoms with van der Waals surface area (Å²) >= 11 is 1.44. The first kappa shape index (κ1) is 21.4. The Bertz CT molecular complexity index is 1240. The number of benzene rings is 2. The molecule has 3 heterocycles. The van der Waals surface area contributed by atoms with E-state index < -0.39 is 11.9 Å². The Morgan fingerprint density at radius 1 is 0.970 bits per heavy atom. The first-order valence-electron chi connectivity index (χ1n) is 10.9. The maximum absolute atomic E-state index is 12.7. The summed E-state index contributed by atoms with van der Waals surface area (Å²) < 4.78 is 0. The molecule has 1 unspecified atom stereocenters. The quantitative estimate of drug-likeness (QED) is 0.491. The molecule has 2 aliphatic rings. The molecule has 3 amide bonds. The van der Waals surface area contributed by atoms with Gasteiger partial charge in [-0.25, -0.2) is 4.79 Å². The Hall–Kier alpha value is -3.49. The van der Waals surface area contributed by atoms with E-state index in [1.807, 2.05) is 18.2 Å². The molecule has 2 atom stereocenters. The summed E-state index contributed by atoms with van der Waals surface area (Å²) in [6.45, 7) is 0. The van der Waals surface area contributed by atoms with Crippen molar-refractivity contribution < 1.29 is 14.4 Å². The number of hydrogen-bond donors (Lipinski definition) is 3.